The Kier molecular flexibility index (Phi) is 3.48. The smallest absolute Gasteiger partial charge is 0.128 e. The number of rotatable bonds is 3. The zero-order valence-corrected chi connectivity index (χ0v) is 12.2. The lowest BCUT2D eigenvalue weighted by Gasteiger charge is -2.11. The third-order valence-corrected chi connectivity index (χ3v) is 3.40. The Morgan fingerprint density at radius 3 is 2.43 bits per heavy atom. The van der Waals surface area contributed by atoms with Crippen molar-refractivity contribution in [3.63, 3.8) is 0 Å². The van der Waals surface area contributed by atoms with Gasteiger partial charge in [0.25, 0.3) is 0 Å². The van der Waals surface area contributed by atoms with E-state index in [9.17, 15) is 0 Å². The van der Waals surface area contributed by atoms with Crippen molar-refractivity contribution in [1.29, 1.82) is 0 Å². The predicted octanol–water partition coefficient (Wildman–Crippen LogP) is 4.73. The van der Waals surface area contributed by atoms with Gasteiger partial charge in [-0.25, -0.2) is 0 Å². The van der Waals surface area contributed by atoms with Gasteiger partial charge in [-0.3, -0.25) is 4.98 Å². The minimum atomic E-state index is 0.358. The molecule has 21 heavy (non-hydrogen) atoms. The molecule has 1 heterocycles. The van der Waals surface area contributed by atoms with E-state index in [4.69, 9.17) is 10.5 Å². The minimum Gasteiger partial charge on any atom is -0.457 e. The van der Waals surface area contributed by atoms with Gasteiger partial charge in [0.1, 0.15) is 11.5 Å². The molecule has 3 aromatic rings. The van der Waals surface area contributed by atoms with E-state index in [1.165, 1.54) is 0 Å². The first kappa shape index (κ1) is 13.4. The van der Waals surface area contributed by atoms with E-state index in [-0.39, 0.29) is 0 Å². The van der Waals surface area contributed by atoms with Crippen molar-refractivity contribution in [2.24, 2.45) is 0 Å². The van der Waals surface area contributed by atoms with Crippen molar-refractivity contribution in [1.82, 2.24) is 4.98 Å². The van der Waals surface area contributed by atoms with Crippen molar-refractivity contribution >= 4 is 16.6 Å². The van der Waals surface area contributed by atoms with Crippen LogP contribution in [0.15, 0.2) is 54.6 Å². The van der Waals surface area contributed by atoms with Crippen LogP contribution in [0, 0.1) is 0 Å². The molecular weight excluding hydrogens is 260 g/mol. The third kappa shape index (κ3) is 2.82. The fourth-order valence-corrected chi connectivity index (χ4v) is 2.24. The van der Waals surface area contributed by atoms with Crippen molar-refractivity contribution in [3.8, 4) is 11.5 Å². The van der Waals surface area contributed by atoms with E-state index in [2.05, 4.69) is 18.8 Å². The van der Waals surface area contributed by atoms with Gasteiger partial charge in [-0.2, -0.15) is 0 Å². The maximum absolute atomic E-state index is 6.16. The quantitative estimate of drug-likeness (QED) is 0.753. The lowest BCUT2D eigenvalue weighted by molar-refractivity contribution is 0.483. The molecule has 0 amide bonds. The summed E-state index contributed by atoms with van der Waals surface area (Å²) in [6, 6.07) is 17.5. The van der Waals surface area contributed by atoms with Gasteiger partial charge in [0, 0.05) is 16.8 Å². The van der Waals surface area contributed by atoms with Crippen LogP contribution in [0.25, 0.3) is 10.9 Å². The van der Waals surface area contributed by atoms with Crippen LogP contribution in [-0.4, -0.2) is 4.98 Å². The van der Waals surface area contributed by atoms with Crippen LogP contribution in [0.3, 0.4) is 0 Å². The number of hydrogen-bond donors (Lipinski definition) is 1. The largest absolute Gasteiger partial charge is 0.457 e. The Morgan fingerprint density at radius 1 is 0.952 bits per heavy atom. The van der Waals surface area contributed by atoms with Gasteiger partial charge in [0.15, 0.2) is 0 Å². The maximum Gasteiger partial charge on any atom is 0.128 e. The highest BCUT2D eigenvalue weighted by atomic mass is 16.5. The molecule has 0 unspecified atom stereocenters. The van der Waals surface area contributed by atoms with Crippen molar-refractivity contribution in [3.05, 3.63) is 60.3 Å². The number of nitrogens with zero attached hydrogens (tertiary/aromatic N) is 1. The molecule has 0 saturated heterocycles. The molecule has 0 fully saturated rings. The molecule has 0 saturated carbocycles. The molecule has 1 aromatic heterocycles. The van der Waals surface area contributed by atoms with Crippen molar-refractivity contribution in [2.75, 3.05) is 5.73 Å². The minimum absolute atomic E-state index is 0.358. The molecule has 3 nitrogen and oxygen atoms in total. The molecule has 0 spiro atoms. The summed E-state index contributed by atoms with van der Waals surface area (Å²) in [6.45, 7) is 4.22. The average molecular weight is 278 g/mol. The van der Waals surface area contributed by atoms with Crippen LogP contribution >= 0.6 is 0 Å². The second kappa shape index (κ2) is 5.44. The SMILES string of the molecule is CC(C)c1cc(N)c2cc(Oc3ccccc3)ccc2n1. The number of benzene rings is 2. The lowest BCUT2D eigenvalue weighted by atomic mass is 10.1. The summed E-state index contributed by atoms with van der Waals surface area (Å²) in [4.78, 5) is 4.65. The van der Waals surface area contributed by atoms with Gasteiger partial charge in [0.2, 0.25) is 0 Å². The maximum atomic E-state index is 6.16. The first-order valence-electron chi connectivity index (χ1n) is 7.06. The molecule has 0 bridgehead atoms. The van der Waals surface area contributed by atoms with Crippen LogP contribution in [0.5, 0.6) is 11.5 Å². The number of para-hydroxylation sites is 1. The highest BCUT2D eigenvalue weighted by Crippen LogP contribution is 2.29. The van der Waals surface area contributed by atoms with E-state index in [0.717, 1.165) is 33.8 Å². The highest BCUT2D eigenvalue weighted by molar-refractivity contribution is 5.91. The Hall–Kier alpha value is -2.55. The zero-order valence-electron chi connectivity index (χ0n) is 12.2. The number of fused-ring (bicyclic) bond motifs is 1. The summed E-state index contributed by atoms with van der Waals surface area (Å²) in [6.07, 6.45) is 0. The summed E-state index contributed by atoms with van der Waals surface area (Å²) in [5.41, 5.74) is 8.81. The molecule has 3 rings (SSSR count). The van der Waals surface area contributed by atoms with Gasteiger partial charge >= 0.3 is 0 Å². The fourth-order valence-electron chi connectivity index (χ4n) is 2.24. The van der Waals surface area contributed by atoms with Crippen molar-refractivity contribution < 1.29 is 4.74 Å². The van der Waals surface area contributed by atoms with Crippen molar-refractivity contribution in [2.45, 2.75) is 19.8 Å². The first-order valence-corrected chi connectivity index (χ1v) is 7.06. The summed E-state index contributed by atoms with van der Waals surface area (Å²) in [5, 5.41) is 0.924. The fraction of sp³-hybridized carbons (Fsp3) is 0.167. The number of anilines is 1. The second-order valence-corrected chi connectivity index (χ2v) is 5.39. The number of nitrogen functional groups attached to an aromatic ring is 1. The normalized spacial score (nSPS) is 11.0. The number of hydrogen-bond acceptors (Lipinski definition) is 3. The average Bonchev–Trinajstić information content (AvgIpc) is 2.48. The summed E-state index contributed by atoms with van der Waals surface area (Å²) >= 11 is 0. The molecule has 0 aliphatic rings. The summed E-state index contributed by atoms with van der Waals surface area (Å²) in [5.74, 6) is 1.93. The first-order chi connectivity index (χ1) is 10.1. The molecule has 2 aromatic carbocycles. The summed E-state index contributed by atoms with van der Waals surface area (Å²) < 4.78 is 5.84. The molecule has 3 heteroatoms. The van der Waals surface area contributed by atoms with Crippen LogP contribution in [0.2, 0.25) is 0 Å². The Labute approximate surface area is 124 Å². The molecule has 106 valence electrons. The zero-order chi connectivity index (χ0) is 14.8. The standard InChI is InChI=1S/C18H18N2O/c1-12(2)18-11-16(19)15-10-14(8-9-17(15)20-18)21-13-6-4-3-5-7-13/h3-12H,1-2H3,(H2,19,20). The van der Waals surface area contributed by atoms with Gasteiger partial charge in [-0.1, -0.05) is 32.0 Å². The van der Waals surface area contributed by atoms with Gasteiger partial charge in [-0.05, 0) is 42.3 Å². The topological polar surface area (TPSA) is 48.1 Å². The van der Waals surface area contributed by atoms with E-state index in [1.807, 2.05) is 54.6 Å². The van der Waals surface area contributed by atoms with E-state index >= 15 is 0 Å². The van der Waals surface area contributed by atoms with Crippen LogP contribution in [0.1, 0.15) is 25.5 Å². The van der Waals surface area contributed by atoms with E-state index < -0.39 is 0 Å². The van der Waals surface area contributed by atoms with E-state index in [1.54, 1.807) is 0 Å². The molecule has 0 aliphatic carbocycles. The van der Waals surface area contributed by atoms with Gasteiger partial charge in [0.05, 0.1) is 5.52 Å². The molecule has 0 aliphatic heterocycles. The van der Waals surface area contributed by atoms with Crippen LogP contribution in [0.4, 0.5) is 5.69 Å². The number of ether oxygens (including phenoxy) is 1. The van der Waals surface area contributed by atoms with E-state index in [0.29, 0.717) is 5.92 Å². The number of aromatic nitrogens is 1. The number of pyridine rings is 1. The Morgan fingerprint density at radius 2 is 1.71 bits per heavy atom. The predicted molar refractivity (Wildman–Crippen MR) is 86.8 cm³/mol. The molecular formula is C18H18N2O. The Bertz CT molecular complexity index is 767. The van der Waals surface area contributed by atoms with Gasteiger partial charge in [-0.15, -0.1) is 0 Å². The second-order valence-electron chi connectivity index (χ2n) is 5.39. The monoisotopic (exact) mass is 278 g/mol. The summed E-state index contributed by atoms with van der Waals surface area (Å²) in [7, 11) is 0. The lowest BCUT2D eigenvalue weighted by Crippen LogP contribution is -1.97. The van der Waals surface area contributed by atoms with Crippen LogP contribution in [-0.2, 0) is 0 Å². The van der Waals surface area contributed by atoms with Crippen LogP contribution < -0.4 is 10.5 Å². The van der Waals surface area contributed by atoms with Gasteiger partial charge < -0.3 is 10.5 Å². The third-order valence-electron chi connectivity index (χ3n) is 3.40. The Balaban J connectivity index is 2.00. The number of nitrogens with two attached hydrogens (primary N) is 1. The molecule has 2 N–H and O–H groups in total. The highest BCUT2D eigenvalue weighted by Gasteiger charge is 2.08. The molecule has 0 radical (unpaired) electrons. The molecule has 0 atom stereocenters.